The van der Waals surface area contributed by atoms with Gasteiger partial charge in [0, 0.05) is 24.8 Å². The molecule has 1 aliphatic rings. The molecule has 0 spiro atoms. The number of nitrogens with two attached hydrogens (primary N) is 1. The van der Waals surface area contributed by atoms with Crippen molar-refractivity contribution in [2.24, 2.45) is 11.1 Å². The molecule has 0 aromatic rings. The summed E-state index contributed by atoms with van der Waals surface area (Å²) in [6, 6.07) is 0. The van der Waals surface area contributed by atoms with Crippen LogP contribution in [0.4, 0.5) is 8.78 Å². The van der Waals surface area contributed by atoms with Gasteiger partial charge in [0.1, 0.15) is 0 Å². The number of halogens is 2. The Morgan fingerprint density at radius 3 is 2.21 bits per heavy atom. The fourth-order valence-corrected chi connectivity index (χ4v) is 1.92. The van der Waals surface area contributed by atoms with Gasteiger partial charge in [0.2, 0.25) is 5.92 Å². The molecular formula is C11H19F2N. The van der Waals surface area contributed by atoms with Gasteiger partial charge in [0.25, 0.3) is 0 Å². The fraction of sp³-hybridized carbons (Fsp3) is 0.818. The molecular weight excluding hydrogens is 184 g/mol. The lowest BCUT2D eigenvalue weighted by Gasteiger charge is -2.37. The van der Waals surface area contributed by atoms with Crippen molar-refractivity contribution in [1.29, 1.82) is 0 Å². The molecule has 0 radical (unpaired) electrons. The van der Waals surface area contributed by atoms with Gasteiger partial charge in [-0.1, -0.05) is 19.1 Å². The Morgan fingerprint density at radius 1 is 1.21 bits per heavy atom. The molecule has 0 bridgehead atoms. The van der Waals surface area contributed by atoms with Crippen molar-refractivity contribution in [3.8, 4) is 0 Å². The van der Waals surface area contributed by atoms with Crippen LogP contribution in [-0.2, 0) is 0 Å². The number of allylic oxidation sites excluding steroid dienone is 1. The van der Waals surface area contributed by atoms with Crippen LogP contribution in [0.5, 0.6) is 0 Å². The Balaban J connectivity index is 2.61. The second-order valence-electron chi connectivity index (χ2n) is 4.23. The molecule has 0 aromatic carbocycles. The molecule has 1 fully saturated rings. The minimum atomic E-state index is -2.46. The van der Waals surface area contributed by atoms with E-state index in [0.29, 0.717) is 19.4 Å². The van der Waals surface area contributed by atoms with E-state index in [9.17, 15) is 8.78 Å². The zero-order valence-corrected chi connectivity index (χ0v) is 8.73. The summed E-state index contributed by atoms with van der Waals surface area (Å²) in [7, 11) is 0. The molecule has 0 aromatic heterocycles. The molecule has 0 atom stereocenters. The predicted octanol–water partition coefficient (Wildman–Crippen LogP) is 3.11. The third-order valence-corrected chi connectivity index (χ3v) is 3.09. The highest BCUT2D eigenvalue weighted by Gasteiger charge is 2.41. The van der Waals surface area contributed by atoms with Gasteiger partial charge in [-0.3, -0.25) is 0 Å². The van der Waals surface area contributed by atoms with Gasteiger partial charge in [-0.2, -0.15) is 0 Å². The molecule has 0 aliphatic heterocycles. The van der Waals surface area contributed by atoms with E-state index < -0.39 is 5.92 Å². The number of rotatable bonds is 3. The molecule has 3 heteroatoms. The number of alkyl halides is 2. The normalized spacial score (nSPS) is 25.4. The highest BCUT2D eigenvalue weighted by atomic mass is 19.3. The van der Waals surface area contributed by atoms with Crippen LogP contribution < -0.4 is 5.73 Å². The molecule has 2 N–H and O–H groups in total. The first-order valence-electron chi connectivity index (χ1n) is 5.29. The quantitative estimate of drug-likeness (QED) is 0.701. The highest BCUT2D eigenvalue weighted by molar-refractivity contribution is 5.03. The van der Waals surface area contributed by atoms with E-state index in [1.54, 1.807) is 0 Å². The first-order chi connectivity index (χ1) is 6.54. The first kappa shape index (κ1) is 11.6. The van der Waals surface area contributed by atoms with Gasteiger partial charge >= 0.3 is 0 Å². The van der Waals surface area contributed by atoms with Gasteiger partial charge in [0.05, 0.1) is 0 Å². The van der Waals surface area contributed by atoms with E-state index in [2.05, 4.69) is 0 Å². The molecule has 0 heterocycles. The van der Waals surface area contributed by atoms with Gasteiger partial charge in [-0.15, -0.1) is 0 Å². The number of hydrogen-bond donors (Lipinski definition) is 1. The lowest BCUT2D eigenvalue weighted by Crippen LogP contribution is -2.37. The molecule has 14 heavy (non-hydrogen) atoms. The maximum absolute atomic E-state index is 12.9. The Kier molecular flexibility index (Phi) is 3.65. The van der Waals surface area contributed by atoms with Crippen molar-refractivity contribution in [2.45, 2.75) is 45.0 Å². The smallest absolute Gasteiger partial charge is 0.248 e. The fourth-order valence-electron chi connectivity index (χ4n) is 1.92. The van der Waals surface area contributed by atoms with Crippen molar-refractivity contribution < 1.29 is 8.78 Å². The topological polar surface area (TPSA) is 26.0 Å². The van der Waals surface area contributed by atoms with E-state index in [4.69, 9.17) is 5.73 Å². The Morgan fingerprint density at radius 2 is 1.79 bits per heavy atom. The summed E-state index contributed by atoms with van der Waals surface area (Å²) in [5.74, 6) is -2.46. The van der Waals surface area contributed by atoms with E-state index in [1.165, 1.54) is 0 Å². The van der Waals surface area contributed by atoms with Crippen LogP contribution in [0.15, 0.2) is 12.2 Å². The van der Waals surface area contributed by atoms with Crippen LogP contribution in [-0.4, -0.2) is 12.5 Å². The third-order valence-electron chi connectivity index (χ3n) is 3.09. The van der Waals surface area contributed by atoms with Crippen LogP contribution in [0, 0.1) is 5.41 Å². The molecule has 1 rings (SSSR count). The van der Waals surface area contributed by atoms with Crippen LogP contribution in [0.3, 0.4) is 0 Å². The van der Waals surface area contributed by atoms with Crippen molar-refractivity contribution in [1.82, 2.24) is 0 Å². The van der Waals surface area contributed by atoms with Crippen molar-refractivity contribution >= 4 is 0 Å². The van der Waals surface area contributed by atoms with E-state index >= 15 is 0 Å². The van der Waals surface area contributed by atoms with Crippen LogP contribution >= 0.6 is 0 Å². The standard InChI is InChI=1S/C11H19F2N/c1-2-3-4-10(9-14)5-7-11(12,13)8-6-10/h3-4H,2,5-9,14H2,1H3/b4-3+. The third kappa shape index (κ3) is 2.77. The van der Waals surface area contributed by atoms with Gasteiger partial charge in [-0.05, 0) is 19.3 Å². The van der Waals surface area contributed by atoms with Crippen LogP contribution in [0.2, 0.25) is 0 Å². The Bertz CT molecular complexity index is 201. The lowest BCUT2D eigenvalue weighted by molar-refractivity contribution is -0.0562. The second-order valence-corrected chi connectivity index (χ2v) is 4.23. The predicted molar refractivity (Wildman–Crippen MR) is 54.3 cm³/mol. The summed E-state index contributed by atoms with van der Waals surface area (Å²) in [4.78, 5) is 0. The molecule has 1 saturated carbocycles. The summed E-state index contributed by atoms with van der Waals surface area (Å²) < 4.78 is 25.9. The Labute approximate surface area is 84.4 Å². The van der Waals surface area contributed by atoms with Gasteiger partial charge < -0.3 is 5.73 Å². The summed E-state index contributed by atoms with van der Waals surface area (Å²) in [5, 5.41) is 0. The number of hydrogen-bond acceptors (Lipinski definition) is 1. The molecule has 1 aliphatic carbocycles. The minimum Gasteiger partial charge on any atom is -0.330 e. The highest BCUT2D eigenvalue weighted by Crippen LogP contribution is 2.43. The summed E-state index contributed by atoms with van der Waals surface area (Å²) in [5.41, 5.74) is 5.52. The van der Waals surface area contributed by atoms with E-state index in [0.717, 1.165) is 6.42 Å². The average Bonchev–Trinajstić information content (AvgIpc) is 2.18. The summed E-state index contributed by atoms with van der Waals surface area (Å²) in [6.07, 6.45) is 6.03. The van der Waals surface area contributed by atoms with Gasteiger partial charge in [-0.25, -0.2) is 8.78 Å². The summed E-state index contributed by atoms with van der Waals surface area (Å²) in [6.45, 7) is 2.53. The zero-order chi connectivity index (χ0) is 10.7. The summed E-state index contributed by atoms with van der Waals surface area (Å²) >= 11 is 0. The molecule has 0 saturated heterocycles. The molecule has 1 nitrogen and oxygen atoms in total. The van der Waals surface area contributed by atoms with Crippen LogP contribution in [0.1, 0.15) is 39.0 Å². The lowest BCUT2D eigenvalue weighted by atomic mass is 9.72. The zero-order valence-electron chi connectivity index (χ0n) is 8.73. The monoisotopic (exact) mass is 203 g/mol. The molecule has 82 valence electrons. The largest absolute Gasteiger partial charge is 0.330 e. The minimum absolute atomic E-state index is 0.0156. The van der Waals surface area contributed by atoms with Crippen LogP contribution in [0.25, 0.3) is 0 Å². The molecule has 0 amide bonds. The van der Waals surface area contributed by atoms with Gasteiger partial charge in [0.15, 0.2) is 0 Å². The first-order valence-corrected chi connectivity index (χ1v) is 5.29. The Hall–Kier alpha value is -0.440. The van der Waals surface area contributed by atoms with E-state index in [1.807, 2.05) is 19.1 Å². The maximum atomic E-state index is 12.9. The van der Waals surface area contributed by atoms with Crippen molar-refractivity contribution in [3.63, 3.8) is 0 Å². The average molecular weight is 203 g/mol. The van der Waals surface area contributed by atoms with Crippen molar-refractivity contribution in [3.05, 3.63) is 12.2 Å². The maximum Gasteiger partial charge on any atom is 0.248 e. The molecule has 0 unspecified atom stereocenters. The van der Waals surface area contributed by atoms with Crippen molar-refractivity contribution in [2.75, 3.05) is 6.54 Å². The SMILES string of the molecule is CC/C=C/C1(CN)CCC(F)(F)CC1. The second kappa shape index (κ2) is 4.39. The van der Waals surface area contributed by atoms with E-state index in [-0.39, 0.29) is 18.3 Å².